The molecule has 12 heavy (non-hydrogen) atoms. The topological polar surface area (TPSA) is 12.0 Å². The van der Waals surface area contributed by atoms with Crippen molar-refractivity contribution in [3.63, 3.8) is 0 Å². The highest BCUT2D eigenvalue weighted by molar-refractivity contribution is 4.73. The molecule has 0 saturated carbocycles. The first-order valence-corrected chi connectivity index (χ1v) is 4.70. The summed E-state index contributed by atoms with van der Waals surface area (Å²) in [5, 5.41) is 3.15. The van der Waals surface area contributed by atoms with Crippen LogP contribution in [0.4, 0.5) is 4.39 Å². The van der Waals surface area contributed by atoms with Crippen LogP contribution in [0.25, 0.3) is 0 Å². The normalized spacial score (nSPS) is 15.2. The van der Waals surface area contributed by atoms with Crippen LogP contribution in [0.15, 0.2) is 0 Å². The Morgan fingerprint density at radius 1 is 1.25 bits per heavy atom. The smallest absolute Gasteiger partial charge is 0.113 e. The van der Waals surface area contributed by atoms with Crippen molar-refractivity contribution in [1.29, 1.82) is 0 Å². The highest BCUT2D eigenvalue weighted by atomic mass is 19.1. The monoisotopic (exact) mass is 175 g/mol. The van der Waals surface area contributed by atoms with E-state index in [1.54, 1.807) is 0 Å². The van der Waals surface area contributed by atoms with E-state index in [-0.39, 0.29) is 5.54 Å². The van der Waals surface area contributed by atoms with Gasteiger partial charge in [0.25, 0.3) is 0 Å². The molecule has 1 N–H and O–H groups in total. The molecule has 1 atom stereocenters. The SMILES string of the molecule is CC(C)CC(F)CNC(C)(C)C. The highest BCUT2D eigenvalue weighted by Crippen LogP contribution is 2.08. The van der Waals surface area contributed by atoms with Gasteiger partial charge in [-0.25, -0.2) is 4.39 Å². The first kappa shape index (κ1) is 11.9. The number of alkyl halides is 1. The first-order valence-electron chi connectivity index (χ1n) is 4.70. The zero-order chi connectivity index (χ0) is 9.78. The van der Waals surface area contributed by atoms with E-state index < -0.39 is 6.17 Å². The first-order chi connectivity index (χ1) is 5.31. The number of hydrogen-bond acceptors (Lipinski definition) is 1. The molecule has 0 aliphatic heterocycles. The number of halogens is 1. The molecule has 0 spiro atoms. The van der Waals surface area contributed by atoms with Gasteiger partial charge in [0, 0.05) is 12.1 Å². The Hall–Kier alpha value is -0.110. The van der Waals surface area contributed by atoms with Crippen LogP contribution in [0.1, 0.15) is 41.0 Å². The van der Waals surface area contributed by atoms with Gasteiger partial charge in [-0.3, -0.25) is 0 Å². The van der Waals surface area contributed by atoms with Crippen LogP contribution in [0, 0.1) is 5.92 Å². The summed E-state index contributed by atoms with van der Waals surface area (Å²) < 4.78 is 13.1. The third kappa shape index (κ3) is 7.99. The van der Waals surface area contributed by atoms with Gasteiger partial charge in [0.2, 0.25) is 0 Å². The Balaban J connectivity index is 3.51. The van der Waals surface area contributed by atoms with Gasteiger partial charge in [0.05, 0.1) is 0 Å². The maximum Gasteiger partial charge on any atom is 0.113 e. The van der Waals surface area contributed by atoms with Gasteiger partial charge >= 0.3 is 0 Å². The van der Waals surface area contributed by atoms with Crippen molar-refractivity contribution in [2.75, 3.05) is 6.54 Å². The summed E-state index contributed by atoms with van der Waals surface area (Å²) in [6.45, 7) is 10.7. The van der Waals surface area contributed by atoms with Gasteiger partial charge in [-0.2, -0.15) is 0 Å². The Morgan fingerprint density at radius 3 is 2.08 bits per heavy atom. The van der Waals surface area contributed by atoms with Crippen LogP contribution in [-0.2, 0) is 0 Å². The fraction of sp³-hybridized carbons (Fsp3) is 1.00. The molecule has 0 fully saturated rings. The lowest BCUT2D eigenvalue weighted by Crippen LogP contribution is -2.40. The van der Waals surface area contributed by atoms with E-state index in [0.717, 1.165) is 0 Å². The van der Waals surface area contributed by atoms with E-state index in [1.807, 2.05) is 13.8 Å². The van der Waals surface area contributed by atoms with E-state index >= 15 is 0 Å². The molecule has 1 unspecified atom stereocenters. The van der Waals surface area contributed by atoms with Gasteiger partial charge in [-0.05, 0) is 33.1 Å². The molecule has 0 aliphatic rings. The molecule has 0 aliphatic carbocycles. The highest BCUT2D eigenvalue weighted by Gasteiger charge is 2.13. The van der Waals surface area contributed by atoms with E-state index in [2.05, 4.69) is 26.1 Å². The quantitative estimate of drug-likeness (QED) is 0.692. The summed E-state index contributed by atoms with van der Waals surface area (Å²) in [6.07, 6.45) is -0.0486. The predicted molar refractivity (Wildman–Crippen MR) is 52.1 cm³/mol. The lowest BCUT2D eigenvalue weighted by Gasteiger charge is -2.22. The van der Waals surface area contributed by atoms with E-state index in [0.29, 0.717) is 18.9 Å². The second-order valence-electron chi connectivity index (χ2n) is 4.86. The zero-order valence-corrected chi connectivity index (χ0v) is 8.95. The zero-order valence-electron chi connectivity index (χ0n) is 8.95. The van der Waals surface area contributed by atoms with Gasteiger partial charge in [-0.1, -0.05) is 13.8 Å². The molecule has 1 nitrogen and oxygen atoms in total. The summed E-state index contributed by atoms with van der Waals surface area (Å²) in [5.74, 6) is 0.446. The average molecular weight is 175 g/mol. The molecule has 0 saturated heterocycles. The van der Waals surface area contributed by atoms with Gasteiger partial charge in [0.1, 0.15) is 6.17 Å². The second kappa shape index (κ2) is 4.80. The third-order valence-electron chi connectivity index (χ3n) is 1.58. The summed E-state index contributed by atoms with van der Waals surface area (Å²) >= 11 is 0. The molecule has 74 valence electrons. The Bertz CT molecular complexity index is 115. The summed E-state index contributed by atoms with van der Waals surface area (Å²) in [5.41, 5.74) is 0.0291. The van der Waals surface area contributed by atoms with Crippen molar-refractivity contribution >= 4 is 0 Å². The van der Waals surface area contributed by atoms with Crippen LogP contribution in [-0.4, -0.2) is 18.3 Å². The average Bonchev–Trinajstić information content (AvgIpc) is 1.80. The standard InChI is InChI=1S/C10H22FN/c1-8(2)6-9(11)7-12-10(3,4)5/h8-9,12H,6-7H2,1-5H3. The molecule has 0 aromatic carbocycles. The molecular formula is C10H22FN. The Kier molecular flexibility index (Phi) is 4.76. The molecule has 2 heteroatoms. The molecule has 0 heterocycles. The fourth-order valence-corrected chi connectivity index (χ4v) is 1.01. The van der Waals surface area contributed by atoms with Gasteiger partial charge in [-0.15, -0.1) is 0 Å². The van der Waals surface area contributed by atoms with Crippen molar-refractivity contribution in [1.82, 2.24) is 5.32 Å². The van der Waals surface area contributed by atoms with E-state index in [4.69, 9.17) is 0 Å². The minimum absolute atomic E-state index is 0.0291. The summed E-state index contributed by atoms with van der Waals surface area (Å²) in [6, 6.07) is 0. The minimum atomic E-state index is -0.704. The molecule has 0 bridgehead atoms. The second-order valence-corrected chi connectivity index (χ2v) is 4.86. The Morgan fingerprint density at radius 2 is 1.75 bits per heavy atom. The predicted octanol–water partition coefficient (Wildman–Crippen LogP) is 2.76. The summed E-state index contributed by atoms with van der Waals surface area (Å²) in [7, 11) is 0. The maximum atomic E-state index is 13.1. The van der Waals surface area contributed by atoms with Crippen LogP contribution < -0.4 is 5.32 Å². The van der Waals surface area contributed by atoms with Crippen molar-refractivity contribution in [2.24, 2.45) is 5.92 Å². The van der Waals surface area contributed by atoms with Gasteiger partial charge in [0.15, 0.2) is 0 Å². The lowest BCUT2D eigenvalue weighted by molar-refractivity contribution is 0.250. The van der Waals surface area contributed by atoms with Crippen LogP contribution >= 0.6 is 0 Å². The Labute approximate surface area is 75.7 Å². The van der Waals surface area contributed by atoms with E-state index in [9.17, 15) is 4.39 Å². The summed E-state index contributed by atoms with van der Waals surface area (Å²) in [4.78, 5) is 0. The molecular weight excluding hydrogens is 153 g/mol. The van der Waals surface area contributed by atoms with Crippen molar-refractivity contribution < 1.29 is 4.39 Å². The van der Waals surface area contributed by atoms with Crippen molar-refractivity contribution in [3.05, 3.63) is 0 Å². The molecule has 0 aromatic rings. The van der Waals surface area contributed by atoms with Crippen LogP contribution in [0.5, 0.6) is 0 Å². The van der Waals surface area contributed by atoms with E-state index in [1.165, 1.54) is 0 Å². The number of nitrogens with one attached hydrogen (secondary N) is 1. The van der Waals surface area contributed by atoms with Gasteiger partial charge < -0.3 is 5.32 Å². The molecule has 0 aromatic heterocycles. The minimum Gasteiger partial charge on any atom is -0.309 e. The third-order valence-corrected chi connectivity index (χ3v) is 1.58. The fourth-order valence-electron chi connectivity index (χ4n) is 1.01. The molecule has 0 amide bonds. The lowest BCUT2D eigenvalue weighted by atomic mass is 10.1. The van der Waals surface area contributed by atoms with Crippen LogP contribution in [0.3, 0.4) is 0 Å². The molecule has 0 rings (SSSR count). The largest absolute Gasteiger partial charge is 0.309 e. The molecule has 0 radical (unpaired) electrons. The maximum absolute atomic E-state index is 13.1. The van der Waals surface area contributed by atoms with Crippen molar-refractivity contribution in [2.45, 2.75) is 52.8 Å². The number of rotatable bonds is 4. The number of hydrogen-bond donors (Lipinski definition) is 1. The van der Waals surface area contributed by atoms with Crippen molar-refractivity contribution in [3.8, 4) is 0 Å². The van der Waals surface area contributed by atoms with Crippen LogP contribution in [0.2, 0.25) is 0 Å².